The largest absolute Gasteiger partial charge is 0.481 e. The van der Waals surface area contributed by atoms with E-state index in [1.807, 2.05) is 6.08 Å². The average Bonchev–Trinajstić information content (AvgIpc) is 2.50. The summed E-state index contributed by atoms with van der Waals surface area (Å²) in [6.45, 7) is 2.23. The lowest BCUT2D eigenvalue weighted by atomic mass is 10.0. The van der Waals surface area contributed by atoms with E-state index in [0.717, 1.165) is 19.3 Å². The second-order valence-corrected chi connectivity index (χ2v) is 6.25. The van der Waals surface area contributed by atoms with Crippen LogP contribution in [0.15, 0.2) is 11.6 Å². The number of hydrogen-bond donors (Lipinski definition) is 2. The first kappa shape index (κ1) is 21.7. The van der Waals surface area contributed by atoms with E-state index in [0.29, 0.717) is 24.8 Å². The fourth-order valence-electron chi connectivity index (χ4n) is 2.62. The van der Waals surface area contributed by atoms with Crippen molar-refractivity contribution in [1.29, 1.82) is 0 Å². The van der Waals surface area contributed by atoms with E-state index in [4.69, 9.17) is 10.2 Å². The minimum atomic E-state index is -0.865. The van der Waals surface area contributed by atoms with Gasteiger partial charge in [0.2, 0.25) is 0 Å². The Kier molecular flexibility index (Phi) is 14.7. The van der Waals surface area contributed by atoms with Crippen LogP contribution < -0.4 is 0 Å². The van der Waals surface area contributed by atoms with Gasteiger partial charge in [0, 0.05) is 12.0 Å². The first-order valence-corrected chi connectivity index (χ1v) is 9.22. The van der Waals surface area contributed by atoms with Gasteiger partial charge in [-0.3, -0.25) is 4.79 Å². The third-order valence-corrected chi connectivity index (χ3v) is 4.06. The molecule has 0 radical (unpaired) electrons. The second kappa shape index (κ2) is 15.6. The summed E-state index contributed by atoms with van der Waals surface area (Å²) in [4.78, 5) is 21.6. The molecular weight excluding hydrogens is 292 g/mol. The third kappa shape index (κ3) is 15.4. The molecule has 2 N–H and O–H groups in total. The normalized spacial score (nSPS) is 11.6. The molecule has 134 valence electrons. The van der Waals surface area contributed by atoms with E-state index in [-0.39, 0.29) is 6.42 Å². The van der Waals surface area contributed by atoms with Gasteiger partial charge in [0.25, 0.3) is 0 Å². The predicted octanol–water partition coefficient (Wildman–Crippen LogP) is 5.56. The van der Waals surface area contributed by atoms with Crippen molar-refractivity contribution in [3.05, 3.63) is 11.6 Å². The molecule has 0 aromatic heterocycles. The van der Waals surface area contributed by atoms with Gasteiger partial charge in [0.05, 0.1) is 0 Å². The molecule has 0 spiro atoms. The highest BCUT2D eigenvalue weighted by Gasteiger charge is 2.07. The topological polar surface area (TPSA) is 74.6 Å². The molecule has 0 saturated carbocycles. The standard InChI is InChI=1S/C19H34O4/c1-2-3-4-5-6-7-8-9-10-11-14-17(19(22)23)15-12-13-16-18(20)21/h14H,2-13,15-16H2,1H3,(H,20,21)(H,22,23). The number of carboxylic acid groups (broad SMARTS) is 2. The molecule has 0 saturated heterocycles. The van der Waals surface area contributed by atoms with Crippen LogP contribution in [-0.2, 0) is 9.59 Å². The maximum Gasteiger partial charge on any atom is 0.331 e. The maximum atomic E-state index is 11.1. The van der Waals surface area contributed by atoms with Gasteiger partial charge in [0.1, 0.15) is 0 Å². The number of carbonyl (C=O) groups is 2. The van der Waals surface area contributed by atoms with Crippen LogP contribution in [0.25, 0.3) is 0 Å². The second-order valence-electron chi connectivity index (χ2n) is 6.25. The molecule has 0 heterocycles. The Labute approximate surface area is 141 Å². The van der Waals surface area contributed by atoms with Crippen LogP contribution in [0.5, 0.6) is 0 Å². The zero-order valence-corrected chi connectivity index (χ0v) is 14.7. The van der Waals surface area contributed by atoms with Gasteiger partial charge in [0.15, 0.2) is 0 Å². The van der Waals surface area contributed by atoms with Gasteiger partial charge in [-0.25, -0.2) is 4.79 Å². The Bertz CT molecular complexity index is 347. The Hall–Kier alpha value is -1.32. The van der Waals surface area contributed by atoms with Crippen LogP contribution in [0.3, 0.4) is 0 Å². The van der Waals surface area contributed by atoms with E-state index in [1.165, 1.54) is 44.9 Å². The molecule has 0 aliphatic carbocycles. The number of allylic oxidation sites excluding steroid dienone is 1. The highest BCUT2D eigenvalue weighted by atomic mass is 16.4. The van der Waals surface area contributed by atoms with Crippen molar-refractivity contribution in [2.24, 2.45) is 0 Å². The summed E-state index contributed by atoms with van der Waals surface area (Å²) in [5, 5.41) is 17.7. The van der Waals surface area contributed by atoms with Crippen LogP contribution in [0.4, 0.5) is 0 Å². The molecule has 0 unspecified atom stereocenters. The van der Waals surface area contributed by atoms with E-state index in [1.54, 1.807) is 0 Å². The summed E-state index contributed by atoms with van der Waals surface area (Å²) in [6.07, 6.45) is 15.8. The lowest BCUT2D eigenvalue weighted by Gasteiger charge is -2.03. The molecule has 0 fully saturated rings. The van der Waals surface area contributed by atoms with E-state index in [9.17, 15) is 9.59 Å². The SMILES string of the molecule is CCCCCCCCCCCC=C(CCCCC(=O)O)C(=O)O. The van der Waals surface area contributed by atoms with Gasteiger partial charge >= 0.3 is 11.9 Å². The number of aliphatic carboxylic acids is 2. The Balaban J connectivity index is 3.66. The van der Waals surface area contributed by atoms with E-state index in [2.05, 4.69) is 6.92 Å². The first-order valence-electron chi connectivity index (χ1n) is 9.22. The van der Waals surface area contributed by atoms with Crippen LogP contribution in [-0.4, -0.2) is 22.2 Å². The number of carboxylic acids is 2. The zero-order chi connectivity index (χ0) is 17.3. The minimum Gasteiger partial charge on any atom is -0.481 e. The molecule has 0 bridgehead atoms. The minimum absolute atomic E-state index is 0.116. The molecule has 23 heavy (non-hydrogen) atoms. The smallest absolute Gasteiger partial charge is 0.331 e. The number of hydrogen-bond acceptors (Lipinski definition) is 2. The summed E-state index contributed by atoms with van der Waals surface area (Å²) < 4.78 is 0. The molecular formula is C19H34O4. The monoisotopic (exact) mass is 326 g/mol. The van der Waals surface area contributed by atoms with Crippen molar-refractivity contribution in [2.45, 2.75) is 96.8 Å². The van der Waals surface area contributed by atoms with Crippen LogP contribution in [0, 0.1) is 0 Å². The Morgan fingerprint density at radius 3 is 1.78 bits per heavy atom. The molecule has 4 nitrogen and oxygen atoms in total. The molecule has 0 aliphatic heterocycles. The number of unbranched alkanes of at least 4 members (excludes halogenated alkanes) is 10. The molecule has 0 atom stereocenters. The molecule has 0 aromatic carbocycles. The maximum absolute atomic E-state index is 11.1. The summed E-state index contributed by atoms with van der Waals surface area (Å²) in [7, 11) is 0. The van der Waals surface area contributed by atoms with Gasteiger partial charge in [-0.2, -0.15) is 0 Å². The summed E-state index contributed by atoms with van der Waals surface area (Å²) >= 11 is 0. The lowest BCUT2D eigenvalue weighted by Crippen LogP contribution is -2.01. The van der Waals surface area contributed by atoms with Crippen molar-refractivity contribution in [2.75, 3.05) is 0 Å². The van der Waals surface area contributed by atoms with Crippen molar-refractivity contribution in [3.8, 4) is 0 Å². The zero-order valence-electron chi connectivity index (χ0n) is 14.7. The Morgan fingerprint density at radius 2 is 1.26 bits per heavy atom. The molecule has 4 heteroatoms. The lowest BCUT2D eigenvalue weighted by molar-refractivity contribution is -0.137. The van der Waals surface area contributed by atoms with Crippen molar-refractivity contribution in [3.63, 3.8) is 0 Å². The van der Waals surface area contributed by atoms with Crippen LogP contribution in [0.1, 0.15) is 96.8 Å². The van der Waals surface area contributed by atoms with E-state index < -0.39 is 11.9 Å². The third-order valence-electron chi connectivity index (χ3n) is 4.06. The highest BCUT2D eigenvalue weighted by Crippen LogP contribution is 2.14. The van der Waals surface area contributed by atoms with Gasteiger partial charge < -0.3 is 10.2 Å². The van der Waals surface area contributed by atoms with Gasteiger partial charge in [-0.1, -0.05) is 64.4 Å². The average molecular weight is 326 g/mol. The predicted molar refractivity (Wildman–Crippen MR) is 93.7 cm³/mol. The Morgan fingerprint density at radius 1 is 0.739 bits per heavy atom. The first-order chi connectivity index (χ1) is 11.1. The quantitative estimate of drug-likeness (QED) is 0.287. The summed E-state index contributed by atoms with van der Waals surface area (Å²) in [5.74, 6) is -1.68. The number of rotatable bonds is 16. The van der Waals surface area contributed by atoms with Gasteiger partial charge in [-0.15, -0.1) is 0 Å². The van der Waals surface area contributed by atoms with Crippen molar-refractivity contribution >= 4 is 11.9 Å². The summed E-state index contributed by atoms with van der Waals surface area (Å²) in [5.41, 5.74) is 0.440. The fourth-order valence-corrected chi connectivity index (χ4v) is 2.62. The van der Waals surface area contributed by atoms with Gasteiger partial charge in [-0.05, 0) is 32.1 Å². The fraction of sp³-hybridized carbons (Fsp3) is 0.789. The molecule has 0 rings (SSSR count). The van der Waals surface area contributed by atoms with Crippen LogP contribution in [0.2, 0.25) is 0 Å². The van der Waals surface area contributed by atoms with Crippen molar-refractivity contribution in [1.82, 2.24) is 0 Å². The summed E-state index contributed by atoms with van der Waals surface area (Å²) in [6, 6.07) is 0. The molecule has 0 aliphatic rings. The van der Waals surface area contributed by atoms with Crippen molar-refractivity contribution < 1.29 is 19.8 Å². The molecule has 0 aromatic rings. The van der Waals surface area contributed by atoms with Crippen LogP contribution >= 0.6 is 0 Å². The highest BCUT2D eigenvalue weighted by molar-refractivity contribution is 5.86. The molecule has 0 amide bonds. The van der Waals surface area contributed by atoms with E-state index >= 15 is 0 Å².